The lowest BCUT2D eigenvalue weighted by molar-refractivity contribution is -0.116. The fourth-order valence-corrected chi connectivity index (χ4v) is 2.69. The van der Waals surface area contributed by atoms with Gasteiger partial charge in [-0.15, -0.1) is 0 Å². The summed E-state index contributed by atoms with van der Waals surface area (Å²) in [5, 5.41) is 2.77. The van der Waals surface area contributed by atoms with Gasteiger partial charge in [0, 0.05) is 23.6 Å². The minimum absolute atomic E-state index is 0.0552. The van der Waals surface area contributed by atoms with E-state index in [-0.39, 0.29) is 23.4 Å². The molecule has 0 spiro atoms. The topological polar surface area (TPSA) is 38.3 Å². The molecular weight excluding hydrogens is 312 g/mol. The molecule has 3 nitrogen and oxygen atoms in total. The molecule has 2 aromatic carbocycles. The lowest BCUT2D eigenvalue weighted by atomic mass is 10.1. The van der Waals surface area contributed by atoms with Crippen LogP contribution in [0.5, 0.6) is 5.75 Å². The number of hydrogen-bond acceptors (Lipinski definition) is 2. The van der Waals surface area contributed by atoms with E-state index in [1.54, 1.807) is 19.3 Å². The second-order valence-electron chi connectivity index (χ2n) is 5.70. The quantitative estimate of drug-likeness (QED) is 0.850. The number of methoxy groups -OCH3 is 1. The average Bonchev–Trinajstić information content (AvgIpc) is 3.31. The Morgan fingerprint density at radius 1 is 1.21 bits per heavy atom. The number of hydrogen-bond donors (Lipinski definition) is 1. The van der Waals surface area contributed by atoms with Crippen molar-refractivity contribution in [3.8, 4) is 5.75 Å². The minimum atomic E-state index is -0.566. The number of halogens is 2. The summed E-state index contributed by atoms with van der Waals surface area (Å²) in [5.74, 6) is -1.02. The first-order chi connectivity index (χ1) is 11.6. The minimum Gasteiger partial charge on any atom is -0.497 e. The summed E-state index contributed by atoms with van der Waals surface area (Å²) in [4.78, 5) is 12.0. The number of benzene rings is 2. The Balaban J connectivity index is 1.59. The van der Waals surface area contributed by atoms with Crippen LogP contribution in [0.25, 0.3) is 6.08 Å². The predicted molar refractivity (Wildman–Crippen MR) is 87.7 cm³/mol. The largest absolute Gasteiger partial charge is 0.497 e. The van der Waals surface area contributed by atoms with Gasteiger partial charge in [0.25, 0.3) is 0 Å². The Hall–Kier alpha value is -2.69. The summed E-state index contributed by atoms with van der Waals surface area (Å²) in [6, 6.07) is 10.9. The van der Waals surface area contributed by atoms with E-state index in [0.29, 0.717) is 12.2 Å². The number of amides is 1. The molecule has 0 aromatic heterocycles. The van der Waals surface area contributed by atoms with Gasteiger partial charge in [-0.05, 0) is 42.3 Å². The van der Waals surface area contributed by atoms with Crippen LogP contribution in [0, 0.1) is 11.6 Å². The molecule has 0 bridgehead atoms. The van der Waals surface area contributed by atoms with E-state index in [4.69, 9.17) is 4.74 Å². The van der Waals surface area contributed by atoms with E-state index in [0.717, 1.165) is 5.56 Å². The van der Waals surface area contributed by atoms with Crippen LogP contribution in [0.3, 0.4) is 0 Å². The zero-order valence-electron chi connectivity index (χ0n) is 13.1. The van der Waals surface area contributed by atoms with Crippen LogP contribution in [0.1, 0.15) is 23.5 Å². The van der Waals surface area contributed by atoms with Crippen LogP contribution in [0.2, 0.25) is 0 Å². The fraction of sp³-hybridized carbons (Fsp3) is 0.211. The van der Waals surface area contributed by atoms with E-state index in [1.807, 2.05) is 18.2 Å². The molecular formula is C19H17F2NO2. The van der Waals surface area contributed by atoms with Crippen LogP contribution in [0.15, 0.2) is 48.5 Å². The number of carbonyl (C=O) groups is 1. The monoisotopic (exact) mass is 329 g/mol. The lowest BCUT2D eigenvalue weighted by Gasteiger charge is -2.05. The number of ether oxygens (including phenoxy) is 1. The van der Waals surface area contributed by atoms with Crippen LogP contribution in [-0.2, 0) is 4.79 Å². The first-order valence-electron chi connectivity index (χ1n) is 7.65. The van der Waals surface area contributed by atoms with Gasteiger partial charge in [-0.3, -0.25) is 4.79 Å². The maximum atomic E-state index is 13.7. The summed E-state index contributed by atoms with van der Waals surface area (Å²) in [6.45, 7) is 0. The Labute approximate surface area is 139 Å². The van der Waals surface area contributed by atoms with Crippen molar-refractivity contribution in [1.29, 1.82) is 0 Å². The molecule has 0 saturated heterocycles. The van der Waals surface area contributed by atoms with E-state index < -0.39 is 11.6 Å². The van der Waals surface area contributed by atoms with Crippen molar-refractivity contribution in [2.75, 3.05) is 7.11 Å². The van der Waals surface area contributed by atoms with Crippen molar-refractivity contribution in [3.05, 3.63) is 71.3 Å². The van der Waals surface area contributed by atoms with Gasteiger partial charge >= 0.3 is 0 Å². The van der Waals surface area contributed by atoms with Gasteiger partial charge in [0.1, 0.15) is 17.4 Å². The second-order valence-corrected chi connectivity index (χ2v) is 5.70. The van der Waals surface area contributed by atoms with Gasteiger partial charge in [0.05, 0.1) is 7.11 Å². The van der Waals surface area contributed by atoms with Crippen molar-refractivity contribution in [2.24, 2.45) is 0 Å². The molecule has 24 heavy (non-hydrogen) atoms. The van der Waals surface area contributed by atoms with Gasteiger partial charge in [-0.25, -0.2) is 8.78 Å². The van der Waals surface area contributed by atoms with Gasteiger partial charge in [-0.1, -0.05) is 18.2 Å². The SMILES string of the molecule is COc1cccc(/C=C/C(=O)NC2CC2c2c(F)cccc2F)c1. The molecule has 2 atom stereocenters. The molecule has 5 heteroatoms. The van der Waals surface area contributed by atoms with Crippen molar-refractivity contribution in [1.82, 2.24) is 5.32 Å². The summed E-state index contributed by atoms with van der Waals surface area (Å²) in [5.41, 5.74) is 0.886. The summed E-state index contributed by atoms with van der Waals surface area (Å²) in [6.07, 6.45) is 3.61. The Bertz CT molecular complexity index is 768. The first-order valence-corrected chi connectivity index (χ1v) is 7.65. The zero-order chi connectivity index (χ0) is 17.1. The van der Waals surface area contributed by atoms with Gasteiger partial charge < -0.3 is 10.1 Å². The average molecular weight is 329 g/mol. The summed E-state index contributed by atoms with van der Waals surface area (Å²) >= 11 is 0. The Morgan fingerprint density at radius 3 is 2.62 bits per heavy atom. The van der Waals surface area contributed by atoms with Crippen molar-refractivity contribution in [3.63, 3.8) is 0 Å². The highest BCUT2D eigenvalue weighted by atomic mass is 19.1. The van der Waals surface area contributed by atoms with Gasteiger partial charge in [0.2, 0.25) is 5.91 Å². The molecule has 2 aromatic rings. The lowest BCUT2D eigenvalue weighted by Crippen LogP contribution is -2.24. The van der Waals surface area contributed by atoms with Crippen LogP contribution in [0.4, 0.5) is 8.78 Å². The zero-order valence-corrected chi connectivity index (χ0v) is 13.1. The van der Waals surface area contributed by atoms with Crippen LogP contribution < -0.4 is 10.1 Å². The number of rotatable bonds is 5. The molecule has 0 radical (unpaired) electrons. The smallest absolute Gasteiger partial charge is 0.244 e. The summed E-state index contributed by atoms with van der Waals surface area (Å²) in [7, 11) is 1.57. The third-order valence-electron chi connectivity index (χ3n) is 4.01. The molecule has 1 N–H and O–H groups in total. The maximum absolute atomic E-state index is 13.7. The highest BCUT2D eigenvalue weighted by Gasteiger charge is 2.42. The summed E-state index contributed by atoms with van der Waals surface area (Å²) < 4.78 is 32.5. The maximum Gasteiger partial charge on any atom is 0.244 e. The van der Waals surface area contributed by atoms with Gasteiger partial charge in [0.15, 0.2) is 0 Å². The molecule has 0 aliphatic heterocycles. The number of nitrogens with one attached hydrogen (secondary N) is 1. The van der Waals surface area contributed by atoms with E-state index >= 15 is 0 Å². The Kier molecular flexibility index (Phi) is 4.60. The third kappa shape index (κ3) is 3.62. The highest BCUT2D eigenvalue weighted by molar-refractivity contribution is 5.92. The molecule has 124 valence electrons. The third-order valence-corrected chi connectivity index (χ3v) is 4.01. The van der Waals surface area contributed by atoms with E-state index in [1.165, 1.54) is 24.3 Å². The predicted octanol–water partition coefficient (Wildman–Crippen LogP) is 3.66. The molecule has 1 fully saturated rings. The molecule has 2 unspecified atom stereocenters. The number of carbonyl (C=O) groups excluding carboxylic acids is 1. The first kappa shape index (κ1) is 16.2. The fourth-order valence-electron chi connectivity index (χ4n) is 2.69. The van der Waals surface area contributed by atoms with Crippen molar-refractivity contribution >= 4 is 12.0 Å². The molecule has 1 saturated carbocycles. The molecule has 0 heterocycles. The van der Waals surface area contributed by atoms with E-state index in [9.17, 15) is 13.6 Å². The van der Waals surface area contributed by atoms with E-state index in [2.05, 4.69) is 5.32 Å². The standard InChI is InChI=1S/C19H17F2NO2/c1-24-13-5-2-4-12(10-13)8-9-18(23)22-17-11-14(17)19-15(20)6-3-7-16(19)21/h2-10,14,17H,11H2,1H3,(H,22,23)/b9-8+. The highest BCUT2D eigenvalue weighted by Crippen LogP contribution is 2.43. The van der Waals surface area contributed by atoms with Crippen molar-refractivity contribution < 1.29 is 18.3 Å². The van der Waals surface area contributed by atoms with Crippen molar-refractivity contribution in [2.45, 2.75) is 18.4 Å². The molecule has 1 aliphatic carbocycles. The second kappa shape index (κ2) is 6.83. The van der Waals surface area contributed by atoms with Crippen LogP contribution >= 0.6 is 0 Å². The van der Waals surface area contributed by atoms with Gasteiger partial charge in [-0.2, -0.15) is 0 Å². The van der Waals surface area contributed by atoms with Crippen LogP contribution in [-0.4, -0.2) is 19.1 Å². The molecule has 1 aliphatic rings. The Morgan fingerprint density at radius 2 is 1.92 bits per heavy atom. The molecule has 3 rings (SSSR count). The normalized spacial score (nSPS) is 19.3. The molecule has 1 amide bonds.